The molecule has 192 valence electrons. The molecule has 3 heterocycles. The number of nitrogens with one attached hydrogen (secondary N) is 1. The molecule has 1 N–H and O–H groups in total. The molecular formula is C29H30Cl2N4O2. The summed E-state index contributed by atoms with van der Waals surface area (Å²) in [5.41, 5.74) is 5.27. The summed E-state index contributed by atoms with van der Waals surface area (Å²) >= 11 is 13.5. The van der Waals surface area contributed by atoms with E-state index in [0.717, 1.165) is 79.6 Å². The van der Waals surface area contributed by atoms with Crippen LogP contribution in [0.2, 0.25) is 10.0 Å². The number of benzene rings is 2. The molecule has 2 aliphatic heterocycles. The topological polar surface area (TPSA) is 69.3 Å². The van der Waals surface area contributed by atoms with E-state index in [1.165, 1.54) is 6.42 Å². The van der Waals surface area contributed by atoms with E-state index < -0.39 is 0 Å². The van der Waals surface area contributed by atoms with E-state index in [2.05, 4.69) is 10.2 Å². The number of aromatic nitrogens is 2. The zero-order chi connectivity index (χ0) is 25.6. The number of fused-ring (bicyclic) bond motifs is 1. The Morgan fingerprint density at radius 2 is 1.70 bits per heavy atom. The Balaban J connectivity index is 1.17. The fourth-order valence-corrected chi connectivity index (χ4v) is 6.77. The maximum absolute atomic E-state index is 13.5. The molecule has 1 unspecified atom stereocenters. The van der Waals surface area contributed by atoms with Crippen molar-refractivity contribution in [3.05, 3.63) is 75.0 Å². The summed E-state index contributed by atoms with van der Waals surface area (Å²) in [5.74, 6) is 0.275. The molecule has 2 saturated heterocycles. The molecule has 37 heavy (non-hydrogen) atoms. The number of likely N-dealkylation sites (tertiary alicyclic amines) is 2. The van der Waals surface area contributed by atoms with E-state index in [9.17, 15) is 9.59 Å². The number of amides is 2. The fourth-order valence-electron chi connectivity index (χ4n) is 6.16. The molecule has 0 radical (unpaired) electrons. The van der Waals surface area contributed by atoms with Crippen LogP contribution >= 0.6 is 23.2 Å². The Morgan fingerprint density at radius 3 is 2.43 bits per heavy atom. The van der Waals surface area contributed by atoms with Gasteiger partial charge in [0.2, 0.25) is 5.91 Å². The van der Waals surface area contributed by atoms with Crippen LogP contribution in [0.5, 0.6) is 0 Å². The Labute approximate surface area is 226 Å². The van der Waals surface area contributed by atoms with E-state index in [0.29, 0.717) is 28.7 Å². The van der Waals surface area contributed by atoms with E-state index in [1.54, 1.807) is 0 Å². The van der Waals surface area contributed by atoms with Crippen molar-refractivity contribution in [3.8, 4) is 11.1 Å². The smallest absolute Gasteiger partial charge is 0.253 e. The van der Waals surface area contributed by atoms with Crippen molar-refractivity contribution in [1.29, 1.82) is 0 Å². The number of hydrogen-bond donors (Lipinski definition) is 1. The lowest BCUT2D eigenvalue weighted by Gasteiger charge is -2.31. The quantitative estimate of drug-likeness (QED) is 0.450. The minimum atomic E-state index is -0.344. The zero-order valence-corrected chi connectivity index (χ0v) is 22.2. The van der Waals surface area contributed by atoms with E-state index in [1.807, 2.05) is 52.4 Å². The van der Waals surface area contributed by atoms with Crippen LogP contribution in [0.25, 0.3) is 11.1 Å². The molecule has 0 saturated carbocycles. The number of halogens is 2. The largest absolute Gasteiger partial charge is 0.339 e. The molecule has 6 nitrogen and oxygen atoms in total. The number of carbonyl (C=O) groups is 2. The lowest BCUT2D eigenvalue weighted by Crippen LogP contribution is -2.38. The monoisotopic (exact) mass is 536 g/mol. The second-order valence-corrected chi connectivity index (χ2v) is 11.5. The van der Waals surface area contributed by atoms with E-state index >= 15 is 0 Å². The van der Waals surface area contributed by atoms with Crippen LogP contribution < -0.4 is 0 Å². The average Bonchev–Trinajstić information content (AvgIpc) is 3.51. The highest BCUT2D eigenvalue weighted by Crippen LogP contribution is 2.44. The molecule has 1 aliphatic carbocycles. The Kier molecular flexibility index (Phi) is 6.49. The molecule has 8 heteroatoms. The molecule has 2 fully saturated rings. The molecule has 2 amide bonds. The Bertz CT molecular complexity index is 1320. The van der Waals surface area contributed by atoms with Crippen molar-refractivity contribution >= 4 is 35.0 Å². The zero-order valence-electron chi connectivity index (χ0n) is 20.7. The highest BCUT2D eigenvalue weighted by atomic mass is 35.5. The van der Waals surface area contributed by atoms with Gasteiger partial charge in [0.1, 0.15) is 0 Å². The summed E-state index contributed by atoms with van der Waals surface area (Å²) in [5, 5.41) is 8.31. The maximum Gasteiger partial charge on any atom is 0.253 e. The second-order valence-electron chi connectivity index (χ2n) is 10.7. The second kappa shape index (κ2) is 9.80. The van der Waals surface area contributed by atoms with Gasteiger partial charge in [0, 0.05) is 53.0 Å². The average molecular weight is 537 g/mol. The summed E-state index contributed by atoms with van der Waals surface area (Å²) in [6, 6.07) is 11.4. The molecule has 2 aromatic carbocycles. The molecule has 3 aliphatic rings. The van der Waals surface area contributed by atoms with E-state index in [4.69, 9.17) is 23.2 Å². The third-order valence-corrected chi connectivity index (χ3v) is 9.06. The highest BCUT2D eigenvalue weighted by molar-refractivity contribution is 6.36. The predicted octanol–water partition coefficient (Wildman–Crippen LogP) is 5.92. The van der Waals surface area contributed by atoms with Gasteiger partial charge in [-0.25, -0.2) is 0 Å². The summed E-state index contributed by atoms with van der Waals surface area (Å²) in [4.78, 5) is 30.1. The number of aromatic amines is 1. The summed E-state index contributed by atoms with van der Waals surface area (Å²) in [6.07, 6.45) is 8.47. The molecule has 1 atom stereocenters. The first-order chi connectivity index (χ1) is 17.9. The van der Waals surface area contributed by atoms with Crippen LogP contribution in [-0.4, -0.2) is 51.4 Å². The Morgan fingerprint density at radius 1 is 0.973 bits per heavy atom. The first-order valence-corrected chi connectivity index (χ1v) is 13.9. The number of carbonyl (C=O) groups excluding carboxylic acids is 2. The van der Waals surface area contributed by atoms with Crippen LogP contribution in [0.15, 0.2) is 42.6 Å². The molecule has 1 aromatic heterocycles. The summed E-state index contributed by atoms with van der Waals surface area (Å²) < 4.78 is 0. The van der Waals surface area contributed by atoms with Gasteiger partial charge in [-0.15, -0.1) is 0 Å². The molecular weight excluding hydrogens is 507 g/mol. The predicted molar refractivity (Wildman–Crippen MR) is 145 cm³/mol. The van der Waals surface area contributed by atoms with Gasteiger partial charge in [-0.05, 0) is 85.9 Å². The van der Waals surface area contributed by atoms with Gasteiger partial charge in [0.25, 0.3) is 5.91 Å². The van der Waals surface area contributed by atoms with Crippen molar-refractivity contribution in [2.45, 2.75) is 51.5 Å². The fraction of sp³-hybridized carbons (Fsp3) is 0.414. The van der Waals surface area contributed by atoms with Crippen molar-refractivity contribution in [2.24, 2.45) is 5.41 Å². The third-order valence-electron chi connectivity index (χ3n) is 8.39. The van der Waals surface area contributed by atoms with Crippen LogP contribution in [0.4, 0.5) is 0 Å². The molecule has 0 bridgehead atoms. The van der Waals surface area contributed by atoms with Gasteiger partial charge >= 0.3 is 0 Å². The number of aryl methyl sites for hydroxylation is 1. The normalized spacial score (nSPS) is 21.5. The van der Waals surface area contributed by atoms with Crippen molar-refractivity contribution in [3.63, 3.8) is 0 Å². The minimum absolute atomic E-state index is 0.0904. The number of hydrogen-bond acceptors (Lipinski definition) is 3. The summed E-state index contributed by atoms with van der Waals surface area (Å²) in [6.45, 7) is 2.77. The maximum atomic E-state index is 13.5. The van der Waals surface area contributed by atoms with Gasteiger partial charge < -0.3 is 9.80 Å². The van der Waals surface area contributed by atoms with Gasteiger partial charge in [-0.2, -0.15) is 5.10 Å². The number of nitrogens with zero attached hydrogens (tertiary/aromatic N) is 3. The molecule has 1 spiro atoms. The standard InChI is InChI=1S/C29H30Cl2N4O2/c30-24-14-21(19-4-6-20(7-5-19)27(36)34-11-2-1-3-12-34)15-25(31)23(24)18-35-13-10-29(28(35)37)9-8-26-22(16-29)17-32-33-26/h4-7,14-15,17H,1-3,8-13,16,18H2,(H,32,33). The Hall–Kier alpha value is -2.83. The first-order valence-electron chi connectivity index (χ1n) is 13.1. The first kappa shape index (κ1) is 24.5. The van der Waals surface area contributed by atoms with Gasteiger partial charge in [0.15, 0.2) is 0 Å². The van der Waals surface area contributed by atoms with Crippen molar-refractivity contribution in [1.82, 2.24) is 20.0 Å². The number of H-pyrrole nitrogens is 1. The van der Waals surface area contributed by atoms with Crippen LogP contribution in [0.1, 0.15) is 59.3 Å². The summed E-state index contributed by atoms with van der Waals surface area (Å²) in [7, 11) is 0. The number of rotatable bonds is 4. The van der Waals surface area contributed by atoms with Crippen LogP contribution in [0, 0.1) is 5.41 Å². The van der Waals surface area contributed by atoms with Gasteiger partial charge in [-0.1, -0.05) is 35.3 Å². The van der Waals surface area contributed by atoms with E-state index in [-0.39, 0.29) is 17.2 Å². The van der Waals surface area contributed by atoms with Crippen molar-refractivity contribution in [2.75, 3.05) is 19.6 Å². The van der Waals surface area contributed by atoms with Crippen LogP contribution in [-0.2, 0) is 24.2 Å². The minimum Gasteiger partial charge on any atom is -0.339 e. The lowest BCUT2D eigenvalue weighted by atomic mass is 9.72. The molecule has 3 aromatic rings. The van der Waals surface area contributed by atoms with Crippen LogP contribution in [0.3, 0.4) is 0 Å². The molecule has 6 rings (SSSR count). The van der Waals surface area contributed by atoms with Gasteiger partial charge in [-0.3, -0.25) is 14.7 Å². The lowest BCUT2D eigenvalue weighted by molar-refractivity contribution is -0.137. The van der Waals surface area contributed by atoms with Crippen molar-refractivity contribution < 1.29 is 9.59 Å². The highest BCUT2D eigenvalue weighted by Gasteiger charge is 2.48. The SMILES string of the molecule is O=C(c1ccc(-c2cc(Cl)c(CN3CCC4(CCc5[nH]ncc5C4)C3=O)c(Cl)c2)cc1)N1CCCCC1. The third kappa shape index (κ3) is 4.55. The van der Waals surface area contributed by atoms with Gasteiger partial charge in [0.05, 0.1) is 11.6 Å². The number of piperidine rings is 1.